The first-order valence-electron chi connectivity index (χ1n) is 7.01. The Kier molecular flexibility index (Phi) is 4.07. The van der Waals surface area contributed by atoms with Gasteiger partial charge in [0.1, 0.15) is 0 Å². The number of rotatable bonds is 4. The van der Waals surface area contributed by atoms with Crippen molar-refractivity contribution in [3.63, 3.8) is 0 Å². The van der Waals surface area contributed by atoms with E-state index in [1.165, 1.54) is 19.3 Å². The Hall–Kier alpha value is -0.870. The van der Waals surface area contributed by atoms with Gasteiger partial charge >= 0.3 is 0 Å². The Morgan fingerprint density at radius 3 is 2.56 bits per heavy atom. The summed E-state index contributed by atoms with van der Waals surface area (Å²) in [7, 11) is 0. The first-order chi connectivity index (χ1) is 8.59. The Labute approximate surface area is 109 Å². The molecule has 0 radical (unpaired) electrons. The van der Waals surface area contributed by atoms with Gasteiger partial charge in [-0.05, 0) is 26.7 Å². The fraction of sp³-hybridized carbons (Fsp3) is 0.786. The summed E-state index contributed by atoms with van der Waals surface area (Å²) in [5, 5.41) is 15.0. The lowest BCUT2D eigenvalue weighted by Gasteiger charge is -2.40. The van der Waals surface area contributed by atoms with Crippen molar-refractivity contribution in [1.29, 1.82) is 0 Å². The molecule has 0 aromatic carbocycles. The van der Waals surface area contributed by atoms with E-state index in [9.17, 15) is 5.11 Å². The summed E-state index contributed by atoms with van der Waals surface area (Å²) in [6, 6.07) is 0.325. The zero-order valence-electron chi connectivity index (χ0n) is 11.5. The van der Waals surface area contributed by atoms with Crippen molar-refractivity contribution in [2.45, 2.75) is 58.1 Å². The van der Waals surface area contributed by atoms with Gasteiger partial charge < -0.3 is 10.8 Å². The third-order valence-corrected chi connectivity index (χ3v) is 4.30. The highest BCUT2D eigenvalue weighted by atomic mass is 16.3. The van der Waals surface area contributed by atoms with E-state index in [-0.39, 0.29) is 5.41 Å². The smallest absolute Gasteiger partial charge is 0.0888 e. The number of hydrogen-bond acceptors (Lipinski definition) is 3. The van der Waals surface area contributed by atoms with E-state index in [4.69, 9.17) is 5.73 Å². The molecule has 1 aliphatic carbocycles. The summed E-state index contributed by atoms with van der Waals surface area (Å²) < 4.78 is 1.89. The number of aliphatic hydroxyl groups is 1. The quantitative estimate of drug-likeness (QED) is 0.863. The Morgan fingerprint density at radius 2 is 2.06 bits per heavy atom. The maximum absolute atomic E-state index is 10.7. The molecule has 1 unspecified atom stereocenters. The topological polar surface area (TPSA) is 64.1 Å². The zero-order valence-corrected chi connectivity index (χ0v) is 11.5. The summed E-state index contributed by atoms with van der Waals surface area (Å²) >= 11 is 0. The Morgan fingerprint density at radius 1 is 1.39 bits per heavy atom. The van der Waals surface area contributed by atoms with Crippen molar-refractivity contribution in [3.8, 4) is 0 Å². The molecule has 0 amide bonds. The molecule has 1 aromatic heterocycles. The van der Waals surface area contributed by atoms with Crippen LogP contribution in [0.4, 0.5) is 0 Å². The molecule has 0 aliphatic heterocycles. The molecule has 3 N–H and O–H groups in total. The minimum absolute atomic E-state index is 0.136. The minimum Gasteiger partial charge on any atom is -0.388 e. The van der Waals surface area contributed by atoms with Gasteiger partial charge in [-0.15, -0.1) is 0 Å². The van der Waals surface area contributed by atoms with Gasteiger partial charge in [-0.3, -0.25) is 4.68 Å². The number of nitrogens with zero attached hydrogens (tertiary/aromatic N) is 2. The Balaban J connectivity index is 2.19. The van der Waals surface area contributed by atoms with Crippen molar-refractivity contribution >= 4 is 0 Å². The largest absolute Gasteiger partial charge is 0.388 e. The molecule has 0 spiro atoms. The van der Waals surface area contributed by atoms with Crippen LogP contribution in [0.1, 0.15) is 63.7 Å². The van der Waals surface area contributed by atoms with Crippen LogP contribution in [0.25, 0.3) is 0 Å². The monoisotopic (exact) mass is 251 g/mol. The molecule has 1 atom stereocenters. The second kappa shape index (κ2) is 5.41. The summed E-state index contributed by atoms with van der Waals surface area (Å²) in [5.74, 6) is 0. The molecular formula is C14H25N3O. The first kappa shape index (κ1) is 13.6. The molecule has 18 heavy (non-hydrogen) atoms. The average Bonchev–Trinajstić information content (AvgIpc) is 2.88. The highest BCUT2D eigenvalue weighted by Crippen LogP contribution is 2.45. The van der Waals surface area contributed by atoms with Gasteiger partial charge in [0.15, 0.2) is 0 Å². The summed E-state index contributed by atoms with van der Waals surface area (Å²) in [6.45, 7) is 4.73. The standard InChI is InChI=1S/C14H25N3O/c1-11(2)17-9-12(8-16-17)13(18)14(10-15)6-4-3-5-7-14/h8-9,11,13,18H,3-7,10,15H2,1-2H3. The molecule has 1 saturated carbocycles. The van der Waals surface area contributed by atoms with Crippen LogP contribution in [0.3, 0.4) is 0 Å². The number of hydrogen-bond donors (Lipinski definition) is 2. The number of aromatic nitrogens is 2. The van der Waals surface area contributed by atoms with E-state index in [0.717, 1.165) is 18.4 Å². The van der Waals surface area contributed by atoms with Gasteiger partial charge in [0.25, 0.3) is 0 Å². The van der Waals surface area contributed by atoms with Crippen LogP contribution in [0, 0.1) is 5.41 Å². The fourth-order valence-electron chi connectivity index (χ4n) is 2.97. The lowest BCUT2D eigenvalue weighted by atomic mass is 9.69. The van der Waals surface area contributed by atoms with Crippen LogP contribution in [0.2, 0.25) is 0 Å². The fourth-order valence-corrected chi connectivity index (χ4v) is 2.97. The van der Waals surface area contributed by atoms with E-state index in [1.54, 1.807) is 6.20 Å². The zero-order chi connectivity index (χ0) is 13.2. The average molecular weight is 251 g/mol. The number of aliphatic hydroxyl groups excluding tert-OH is 1. The maximum Gasteiger partial charge on any atom is 0.0888 e. The first-order valence-corrected chi connectivity index (χ1v) is 7.01. The van der Waals surface area contributed by atoms with Crippen molar-refractivity contribution < 1.29 is 5.11 Å². The minimum atomic E-state index is -0.477. The van der Waals surface area contributed by atoms with E-state index in [1.807, 2.05) is 10.9 Å². The molecule has 4 heteroatoms. The van der Waals surface area contributed by atoms with Gasteiger partial charge in [0.2, 0.25) is 0 Å². The predicted molar refractivity (Wildman–Crippen MR) is 72.1 cm³/mol. The predicted octanol–water partition coefficient (Wildman–Crippen LogP) is 2.41. The van der Waals surface area contributed by atoms with Gasteiger partial charge in [-0.2, -0.15) is 5.10 Å². The van der Waals surface area contributed by atoms with E-state index < -0.39 is 6.10 Å². The number of nitrogens with two attached hydrogens (primary N) is 1. The van der Waals surface area contributed by atoms with Crippen LogP contribution in [0.5, 0.6) is 0 Å². The Bertz CT molecular complexity index is 380. The summed E-state index contributed by atoms with van der Waals surface area (Å²) in [5.41, 5.74) is 6.73. The van der Waals surface area contributed by atoms with E-state index in [2.05, 4.69) is 18.9 Å². The van der Waals surface area contributed by atoms with Crippen LogP contribution in [0.15, 0.2) is 12.4 Å². The van der Waals surface area contributed by atoms with Crippen LogP contribution < -0.4 is 5.73 Å². The van der Waals surface area contributed by atoms with Gasteiger partial charge in [0.05, 0.1) is 12.3 Å². The molecule has 4 nitrogen and oxygen atoms in total. The lowest BCUT2D eigenvalue weighted by Crippen LogP contribution is -2.38. The summed E-state index contributed by atoms with van der Waals surface area (Å²) in [4.78, 5) is 0. The SMILES string of the molecule is CC(C)n1cc(C(O)C2(CN)CCCCC2)cn1. The van der Waals surface area contributed by atoms with E-state index >= 15 is 0 Å². The second-order valence-corrected chi connectivity index (χ2v) is 5.88. The van der Waals surface area contributed by atoms with Gasteiger partial charge in [-0.1, -0.05) is 19.3 Å². The van der Waals surface area contributed by atoms with Crippen LogP contribution >= 0.6 is 0 Å². The molecular weight excluding hydrogens is 226 g/mol. The lowest BCUT2D eigenvalue weighted by molar-refractivity contribution is 0.000624. The molecule has 0 saturated heterocycles. The van der Waals surface area contributed by atoms with E-state index in [0.29, 0.717) is 12.6 Å². The molecule has 1 heterocycles. The van der Waals surface area contributed by atoms with Crippen molar-refractivity contribution in [2.75, 3.05) is 6.54 Å². The normalized spacial score (nSPS) is 21.2. The van der Waals surface area contributed by atoms with Crippen molar-refractivity contribution in [3.05, 3.63) is 18.0 Å². The molecule has 1 aromatic rings. The second-order valence-electron chi connectivity index (χ2n) is 5.88. The third kappa shape index (κ3) is 2.45. The summed E-state index contributed by atoms with van der Waals surface area (Å²) in [6.07, 6.45) is 8.93. The maximum atomic E-state index is 10.7. The highest BCUT2D eigenvalue weighted by molar-refractivity contribution is 5.13. The molecule has 1 fully saturated rings. The van der Waals surface area contributed by atoms with Crippen LogP contribution in [-0.4, -0.2) is 21.4 Å². The molecule has 0 bridgehead atoms. The third-order valence-electron chi connectivity index (χ3n) is 4.30. The molecule has 1 aliphatic rings. The van der Waals surface area contributed by atoms with Gasteiger partial charge in [-0.25, -0.2) is 0 Å². The van der Waals surface area contributed by atoms with Crippen LogP contribution in [-0.2, 0) is 0 Å². The van der Waals surface area contributed by atoms with Crippen molar-refractivity contribution in [2.24, 2.45) is 11.1 Å². The molecule has 102 valence electrons. The van der Waals surface area contributed by atoms with Gasteiger partial charge in [0, 0.05) is 29.8 Å². The molecule has 2 rings (SSSR count). The van der Waals surface area contributed by atoms with Crippen molar-refractivity contribution in [1.82, 2.24) is 9.78 Å². The highest BCUT2D eigenvalue weighted by Gasteiger charge is 2.39.